The predicted molar refractivity (Wildman–Crippen MR) is 124 cm³/mol. The molecule has 1 amide bonds. The van der Waals surface area contributed by atoms with Crippen LogP contribution in [0.4, 0.5) is 11.4 Å². The molecule has 7 heteroatoms. The molecule has 0 unspecified atom stereocenters. The molecule has 0 saturated carbocycles. The van der Waals surface area contributed by atoms with Gasteiger partial charge in [0.1, 0.15) is 0 Å². The van der Waals surface area contributed by atoms with Crippen molar-refractivity contribution in [3.05, 3.63) is 59.7 Å². The molecule has 2 aromatic carbocycles. The fraction of sp³-hybridized carbons (Fsp3) is 0.435. The number of carbonyl (C=O) groups is 1. The van der Waals surface area contributed by atoms with E-state index in [2.05, 4.69) is 36.2 Å². The van der Waals surface area contributed by atoms with Crippen LogP contribution in [-0.2, 0) is 21.4 Å². The lowest BCUT2D eigenvalue weighted by Crippen LogP contribution is -2.32. The van der Waals surface area contributed by atoms with E-state index in [-0.39, 0.29) is 18.9 Å². The minimum absolute atomic E-state index is 0.0829. The van der Waals surface area contributed by atoms with Crippen molar-refractivity contribution < 1.29 is 13.2 Å². The second kappa shape index (κ2) is 11.0. The zero-order valence-electron chi connectivity index (χ0n) is 18.4. The molecule has 0 aliphatic heterocycles. The van der Waals surface area contributed by atoms with Gasteiger partial charge in [-0.05, 0) is 62.6 Å². The molecule has 0 heterocycles. The van der Waals surface area contributed by atoms with Gasteiger partial charge in [-0.25, -0.2) is 8.42 Å². The van der Waals surface area contributed by atoms with Gasteiger partial charge in [-0.1, -0.05) is 24.3 Å². The molecule has 1 N–H and O–H groups in total. The monoisotopic (exact) mass is 431 g/mol. The highest BCUT2D eigenvalue weighted by Crippen LogP contribution is 2.19. The van der Waals surface area contributed by atoms with Crippen LogP contribution >= 0.6 is 0 Å². The van der Waals surface area contributed by atoms with E-state index in [1.807, 2.05) is 37.3 Å². The van der Waals surface area contributed by atoms with Crippen LogP contribution < -0.4 is 14.5 Å². The summed E-state index contributed by atoms with van der Waals surface area (Å²) in [5.74, 6) is -0.0829. The Morgan fingerprint density at radius 1 is 1.00 bits per heavy atom. The number of amides is 1. The summed E-state index contributed by atoms with van der Waals surface area (Å²) >= 11 is 0. The first-order chi connectivity index (χ1) is 14.2. The van der Waals surface area contributed by atoms with Crippen LogP contribution in [0.2, 0.25) is 0 Å². The Hall–Kier alpha value is -2.54. The Balaban J connectivity index is 1.85. The summed E-state index contributed by atoms with van der Waals surface area (Å²) in [6, 6.07) is 15.6. The summed E-state index contributed by atoms with van der Waals surface area (Å²) in [6.07, 6.45) is 1.92. The Morgan fingerprint density at radius 2 is 1.67 bits per heavy atom. The van der Waals surface area contributed by atoms with Crippen molar-refractivity contribution >= 4 is 27.3 Å². The maximum atomic E-state index is 12.2. The molecule has 0 aliphatic carbocycles. The standard InChI is InChI=1S/C23H33N3O3S/c1-5-25(6-2)21-14-12-20(13-15-21)18-24-23(27)11-8-16-26(30(4,28)29)22-10-7-9-19(3)17-22/h7,9-10,12-15,17H,5-6,8,11,16,18H2,1-4H3,(H,24,27). The second-order valence-corrected chi connectivity index (χ2v) is 9.30. The van der Waals surface area contributed by atoms with Crippen molar-refractivity contribution in [3.63, 3.8) is 0 Å². The summed E-state index contributed by atoms with van der Waals surface area (Å²) in [7, 11) is -3.41. The number of carbonyl (C=O) groups excluding carboxylic acids is 1. The maximum Gasteiger partial charge on any atom is 0.232 e. The average Bonchev–Trinajstić information content (AvgIpc) is 2.70. The third kappa shape index (κ3) is 7.06. The van der Waals surface area contributed by atoms with Crippen LogP contribution in [-0.4, -0.2) is 40.2 Å². The van der Waals surface area contributed by atoms with Gasteiger partial charge >= 0.3 is 0 Å². The van der Waals surface area contributed by atoms with E-state index < -0.39 is 10.0 Å². The zero-order chi connectivity index (χ0) is 22.1. The fourth-order valence-electron chi connectivity index (χ4n) is 3.36. The molecule has 30 heavy (non-hydrogen) atoms. The van der Waals surface area contributed by atoms with Crippen LogP contribution in [0.5, 0.6) is 0 Å². The molecule has 0 spiro atoms. The Bertz CT molecular complexity index is 923. The number of hydrogen-bond acceptors (Lipinski definition) is 4. The van der Waals surface area contributed by atoms with Crippen LogP contribution in [0, 0.1) is 6.92 Å². The number of nitrogens with one attached hydrogen (secondary N) is 1. The number of aryl methyl sites for hydroxylation is 1. The Kier molecular flexibility index (Phi) is 8.72. The molecule has 0 fully saturated rings. The smallest absolute Gasteiger partial charge is 0.232 e. The van der Waals surface area contributed by atoms with E-state index in [1.54, 1.807) is 6.07 Å². The van der Waals surface area contributed by atoms with Gasteiger partial charge in [-0.15, -0.1) is 0 Å². The highest BCUT2D eigenvalue weighted by Gasteiger charge is 2.17. The lowest BCUT2D eigenvalue weighted by Gasteiger charge is -2.22. The van der Waals surface area contributed by atoms with Gasteiger partial charge in [0.15, 0.2) is 0 Å². The topological polar surface area (TPSA) is 69.7 Å². The van der Waals surface area contributed by atoms with E-state index in [0.717, 1.165) is 24.2 Å². The second-order valence-electron chi connectivity index (χ2n) is 7.39. The molecule has 6 nitrogen and oxygen atoms in total. The minimum Gasteiger partial charge on any atom is -0.372 e. The Morgan fingerprint density at radius 3 is 2.23 bits per heavy atom. The highest BCUT2D eigenvalue weighted by molar-refractivity contribution is 7.92. The molecular formula is C23H33N3O3S. The van der Waals surface area contributed by atoms with Crippen molar-refractivity contribution in [3.8, 4) is 0 Å². The van der Waals surface area contributed by atoms with Gasteiger partial charge in [0, 0.05) is 38.3 Å². The molecule has 0 bridgehead atoms. The predicted octanol–water partition coefficient (Wildman–Crippen LogP) is 3.70. The van der Waals surface area contributed by atoms with E-state index in [4.69, 9.17) is 0 Å². The van der Waals surface area contributed by atoms with Crippen LogP contribution in [0.15, 0.2) is 48.5 Å². The molecule has 0 atom stereocenters. The van der Waals surface area contributed by atoms with Crippen LogP contribution in [0.1, 0.15) is 37.8 Å². The van der Waals surface area contributed by atoms with Gasteiger partial charge in [-0.3, -0.25) is 9.10 Å². The van der Waals surface area contributed by atoms with Gasteiger partial charge < -0.3 is 10.2 Å². The molecule has 164 valence electrons. The van der Waals surface area contributed by atoms with E-state index in [0.29, 0.717) is 18.7 Å². The summed E-state index contributed by atoms with van der Waals surface area (Å²) in [5, 5.41) is 2.92. The average molecular weight is 432 g/mol. The number of benzene rings is 2. The molecule has 0 aliphatic rings. The normalized spacial score (nSPS) is 11.2. The number of rotatable bonds is 11. The third-order valence-electron chi connectivity index (χ3n) is 5.01. The first-order valence-electron chi connectivity index (χ1n) is 10.4. The lowest BCUT2D eigenvalue weighted by molar-refractivity contribution is -0.121. The summed E-state index contributed by atoms with van der Waals surface area (Å²) in [6.45, 7) is 8.83. The summed E-state index contributed by atoms with van der Waals surface area (Å²) in [4.78, 5) is 14.5. The number of sulfonamides is 1. The summed E-state index contributed by atoms with van der Waals surface area (Å²) in [5.41, 5.74) is 3.83. The molecule has 2 aromatic rings. The molecule has 0 radical (unpaired) electrons. The summed E-state index contributed by atoms with van der Waals surface area (Å²) < 4.78 is 25.7. The lowest BCUT2D eigenvalue weighted by atomic mass is 10.2. The molecule has 0 saturated heterocycles. The van der Waals surface area contributed by atoms with E-state index >= 15 is 0 Å². The minimum atomic E-state index is -3.41. The highest BCUT2D eigenvalue weighted by atomic mass is 32.2. The molecule has 2 rings (SSSR count). The van der Waals surface area contributed by atoms with Crippen molar-refractivity contribution in [2.75, 3.05) is 35.1 Å². The van der Waals surface area contributed by atoms with E-state index in [9.17, 15) is 13.2 Å². The largest absolute Gasteiger partial charge is 0.372 e. The maximum absolute atomic E-state index is 12.2. The quantitative estimate of drug-likeness (QED) is 0.589. The van der Waals surface area contributed by atoms with Crippen LogP contribution in [0.25, 0.3) is 0 Å². The SMILES string of the molecule is CCN(CC)c1ccc(CNC(=O)CCCN(c2cccc(C)c2)S(C)(=O)=O)cc1. The third-order valence-corrected chi connectivity index (χ3v) is 6.20. The van der Waals surface area contributed by atoms with Crippen LogP contribution in [0.3, 0.4) is 0 Å². The van der Waals surface area contributed by atoms with Crippen molar-refractivity contribution in [1.82, 2.24) is 5.32 Å². The van der Waals surface area contributed by atoms with Gasteiger partial charge in [0.05, 0.1) is 11.9 Å². The van der Waals surface area contributed by atoms with Crippen molar-refractivity contribution in [2.24, 2.45) is 0 Å². The molecule has 0 aromatic heterocycles. The first kappa shape index (κ1) is 23.7. The van der Waals surface area contributed by atoms with E-state index in [1.165, 1.54) is 16.2 Å². The van der Waals surface area contributed by atoms with Gasteiger partial charge in [0.25, 0.3) is 0 Å². The van der Waals surface area contributed by atoms with Gasteiger partial charge in [-0.2, -0.15) is 0 Å². The van der Waals surface area contributed by atoms with Crippen molar-refractivity contribution in [2.45, 2.75) is 40.2 Å². The van der Waals surface area contributed by atoms with Crippen molar-refractivity contribution in [1.29, 1.82) is 0 Å². The number of hydrogen-bond donors (Lipinski definition) is 1. The first-order valence-corrected chi connectivity index (χ1v) is 12.2. The molecular weight excluding hydrogens is 398 g/mol. The Labute approximate surface area is 180 Å². The number of anilines is 2. The number of nitrogens with zero attached hydrogens (tertiary/aromatic N) is 2. The zero-order valence-corrected chi connectivity index (χ0v) is 19.2. The van der Waals surface area contributed by atoms with Gasteiger partial charge in [0.2, 0.25) is 15.9 Å². The fourth-order valence-corrected chi connectivity index (χ4v) is 4.31.